The number of esters is 1. The Hall–Kier alpha value is -2.12. The fourth-order valence-electron chi connectivity index (χ4n) is 3.40. The molecule has 0 unspecified atom stereocenters. The summed E-state index contributed by atoms with van der Waals surface area (Å²) in [6.45, 7) is 11.6. The van der Waals surface area contributed by atoms with Gasteiger partial charge in [0.15, 0.2) is 11.4 Å². The van der Waals surface area contributed by atoms with E-state index in [1.165, 1.54) is 6.92 Å². The molecule has 1 aromatic rings. The Morgan fingerprint density at radius 2 is 1.72 bits per heavy atom. The zero-order valence-electron chi connectivity index (χ0n) is 15.5. The van der Waals surface area contributed by atoms with Crippen LogP contribution in [0.25, 0.3) is 0 Å². The van der Waals surface area contributed by atoms with E-state index < -0.39 is 17.2 Å². The third-order valence-corrected chi connectivity index (χ3v) is 4.50. The Balaban J connectivity index is 1.60. The molecule has 2 aliphatic rings. The molecule has 1 aromatic heterocycles. The molecule has 1 aliphatic heterocycles. The van der Waals surface area contributed by atoms with Crippen LogP contribution < -0.4 is 0 Å². The molecule has 2 heterocycles. The zero-order chi connectivity index (χ0) is 18.6. The lowest BCUT2D eigenvalue weighted by molar-refractivity contribution is -0.157. The summed E-state index contributed by atoms with van der Waals surface area (Å²) >= 11 is 0. The minimum absolute atomic E-state index is 0.185. The third-order valence-electron chi connectivity index (χ3n) is 4.50. The van der Waals surface area contributed by atoms with Gasteiger partial charge in [0.25, 0.3) is 5.89 Å². The Kier molecular flexibility index (Phi) is 4.04. The first-order valence-corrected chi connectivity index (χ1v) is 8.49. The van der Waals surface area contributed by atoms with Gasteiger partial charge >= 0.3 is 12.1 Å². The van der Waals surface area contributed by atoms with Crippen LogP contribution in [-0.4, -0.2) is 45.8 Å². The molecule has 0 bridgehead atoms. The van der Waals surface area contributed by atoms with Gasteiger partial charge in [-0.2, -0.15) is 4.98 Å². The minimum Gasteiger partial charge on any atom is -0.450 e. The van der Waals surface area contributed by atoms with E-state index in [-0.39, 0.29) is 17.9 Å². The number of piperidine rings is 1. The summed E-state index contributed by atoms with van der Waals surface area (Å²) in [5.41, 5.74) is -1.45. The Morgan fingerprint density at radius 1 is 1.12 bits per heavy atom. The van der Waals surface area contributed by atoms with Crippen LogP contribution in [-0.2, 0) is 19.9 Å². The van der Waals surface area contributed by atoms with Gasteiger partial charge in [-0.15, -0.1) is 0 Å². The monoisotopic (exact) mass is 351 g/mol. The maximum Gasteiger partial charge on any atom is 0.410 e. The predicted octanol–water partition coefficient (Wildman–Crippen LogP) is 2.45. The molecule has 3 rings (SSSR count). The number of rotatable bonds is 3. The largest absolute Gasteiger partial charge is 0.450 e. The summed E-state index contributed by atoms with van der Waals surface area (Å²) in [4.78, 5) is 29.5. The van der Waals surface area contributed by atoms with Gasteiger partial charge in [0.05, 0.1) is 0 Å². The molecular weight excluding hydrogens is 326 g/mol. The first-order valence-electron chi connectivity index (χ1n) is 8.49. The van der Waals surface area contributed by atoms with Crippen LogP contribution >= 0.6 is 0 Å². The van der Waals surface area contributed by atoms with Crippen molar-refractivity contribution in [3.8, 4) is 0 Å². The number of nitrogens with zero attached hydrogens (tertiary/aromatic N) is 3. The van der Waals surface area contributed by atoms with Crippen molar-refractivity contribution < 1.29 is 23.6 Å². The number of ether oxygens (including phenoxy) is 2. The average molecular weight is 351 g/mol. The number of carbonyl (C=O) groups excluding carboxylic acids is 2. The molecule has 2 fully saturated rings. The highest BCUT2D eigenvalue weighted by atomic mass is 16.6. The highest BCUT2D eigenvalue weighted by molar-refractivity contribution is 5.69. The van der Waals surface area contributed by atoms with Crippen molar-refractivity contribution in [2.75, 3.05) is 13.1 Å². The Morgan fingerprint density at radius 3 is 2.24 bits per heavy atom. The smallest absolute Gasteiger partial charge is 0.410 e. The molecule has 0 N–H and O–H groups in total. The average Bonchev–Trinajstić information content (AvgIpc) is 2.86. The van der Waals surface area contributed by atoms with E-state index in [0.29, 0.717) is 30.7 Å². The molecule has 8 heteroatoms. The van der Waals surface area contributed by atoms with Crippen molar-refractivity contribution >= 4 is 12.1 Å². The van der Waals surface area contributed by atoms with E-state index in [2.05, 4.69) is 10.1 Å². The zero-order valence-corrected chi connectivity index (χ0v) is 15.5. The quantitative estimate of drug-likeness (QED) is 0.772. The normalized spacial score (nSPS) is 25.5. The molecule has 1 aliphatic carbocycles. The first kappa shape index (κ1) is 17.7. The topological polar surface area (TPSA) is 94.8 Å². The van der Waals surface area contributed by atoms with Crippen LogP contribution in [0.3, 0.4) is 0 Å². The number of hydrogen-bond acceptors (Lipinski definition) is 7. The lowest BCUT2D eigenvalue weighted by Crippen LogP contribution is -2.36. The van der Waals surface area contributed by atoms with E-state index in [4.69, 9.17) is 14.0 Å². The van der Waals surface area contributed by atoms with Crippen molar-refractivity contribution in [1.82, 2.24) is 15.0 Å². The molecule has 1 amide bonds. The summed E-state index contributed by atoms with van der Waals surface area (Å²) in [6.07, 6.45) is -0.275. The van der Waals surface area contributed by atoms with E-state index in [1.54, 1.807) is 18.7 Å². The Bertz CT molecular complexity index is 679. The maximum absolute atomic E-state index is 12.1. The Labute approximate surface area is 146 Å². The second-order valence-corrected chi connectivity index (χ2v) is 8.30. The van der Waals surface area contributed by atoms with Gasteiger partial charge in [0, 0.05) is 25.9 Å². The maximum atomic E-state index is 12.1. The number of likely N-dealkylation sites (tertiary alicyclic amines) is 1. The predicted molar refractivity (Wildman–Crippen MR) is 86.6 cm³/mol. The molecule has 25 heavy (non-hydrogen) atoms. The van der Waals surface area contributed by atoms with Gasteiger partial charge in [-0.25, -0.2) is 4.79 Å². The molecule has 8 nitrogen and oxygen atoms in total. The van der Waals surface area contributed by atoms with Gasteiger partial charge < -0.3 is 18.9 Å². The minimum atomic E-state index is -0.955. The van der Waals surface area contributed by atoms with Crippen LogP contribution in [0.2, 0.25) is 0 Å². The number of aromatic nitrogens is 2. The van der Waals surface area contributed by atoms with E-state index in [9.17, 15) is 9.59 Å². The molecule has 0 spiro atoms. The van der Waals surface area contributed by atoms with Crippen LogP contribution in [0.4, 0.5) is 4.79 Å². The third kappa shape index (κ3) is 3.62. The lowest BCUT2D eigenvalue weighted by atomic mass is 10.1. The van der Waals surface area contributed by atoms with E-state index in [1.807, 2.05) is 20.8 Å². The lowest BCUT2D eigenvalue weighted by Gasteiger charge is -2.25. The second-order valence-electron chi connectivity index (χ2n) is 8.30. The molecule has 138 valence electrons. The molecular formula is C17H25N3O5. The summed E-state index contributed by atoms with van der Waals surface area (Å²) in [6, 6.07) is 0. The molecule has 1 saturated heterocycles. The van der Waals surface area contributed by atoms with Gasteiger partial charge in [0.1, 0.15) is 5.60 Å². The SMILES string of the molecule is CC(=O)OC(C)(C)c1nc([C@H]2[C@@H]3CN(C(=O)OC(C)(C)C)C[C@@H]32)no1. The van der Waals surface area contributed by atoms with Crippen LogP contribution in [0.1, 0.15) is 59.2 Å². The summed E-state index contributed by atoms with van der Waals surface area (Å²) < 4.78 is 15.9. The molecule has 0 radical (unpaired) electrons. The van der Waals surface area contributed by atoms with Gasteiger partial charge in [-0.05, 0) is 46.5 Å². The highest BCUT2D eigenvalue weighted by Gasteiger charge is 2.60. The fraction of sp³-hybridized carbons (Fsp3) is 0.765. The van der Waals surface area contributed by atoms with Crippen LogP contribution in [0.15, 0.2) is 4.52 Å². The number of carbonyl (C=O) groups is 2. The summed E-state index contributed by atoms with van der Waals surface area (Å²) in [5, 5.41) is 4.05. The summed E-state index contributed by atoms with van der Waals surface area (Å²) in [5.74, 6) is 1.34. The van der Waals surface area contributed by atoms with Crippen molar-refractivity contribution in [2.24, 2.45) is 11.8 Å². The molecule has 0 aromatic carbocycles. The first-order chi connectivity index (χ1) is 11.5. The number of hydrogen-bond donors (Lipinski definition) is 0. The van der Waals surface area contributed by atoms with Gasteiger partial charge in [-0.3, -0.25) is 4.79 Å². The van der Waals surface area contributed by atoms with Gasteiger partial charge in [-0.1, -0.05) is 5.16 Å². The fourth-order valence-corrected chi connectivity index (χ4v) is 3.40. The van der Waals surface area contributed by atoms with Crippen molar-refractivity contribution in [2.45, 2.75) is 58.7 Å². The van der Waals surface area contributed by atoms with Crippen molar-refractivity contribution in [3.63, 3.8) is 0 Å². The number of fused-ring (bicyclic) bond motifs is 1. The van der Waals surface area contributed by atoms with Crippen LogP contribution in [0, 0.1) is 11.8 Å². The second kappa shape index (κ2) is 5.71. The van der Waals surface area contributed by atoms with Crippen LogP contribution in [0.5, 0.6) is 0 Å². The standard InChI is InChI=1S/C17H25N3O5/c1-9(21)23-17(5,6)14-18-13(19-25-14)12-10-7-20(8-11(10)12)15(22)24-16(2,3)4/h10-12H,7-8H2,1-6H3/t10-,11+,12+. The molecule has 1 saturated carbocycles. The number of amides is 1. The van der Waals surface area contributed by atoms with E-state index >= 15 is 0 Å². The van der Waals surface area contributed by atoms with Crippen molar-refractivity contribution in [1.29, 1.82) is 0 Å². The van der Waals surface area contributed by atoms with E-state index in [0.717, 1.165) is 0 Å². The summed E-state index contributed by atoms with van der Waals surface area (Å²) in [7, 11) is 0. The molecule has 3 atom stereocenters. The van der Waals surface area contributed by atoms with Gasteiger partial charge in [0.2, 0.25) is 0 Å². The highest BCUT2D eigenvalue weighted by Crippen LogP contribution is 2.57. The van der Waals surface area contributed by atoms with Crippen molar-refractivity contribution in [3.05, 3.63) is 11.7 Å².